The molecule has 7 aromatic carbocycles. The second-order valence-corrected chi connectivity index (χ2v) is 12.9. The molecule has 3 heterocycles. The van der Waals surface area contributed by atoms with Gasteiger partial charge in [0.25, 0.3) is 0 Å². The molecule has 0 unspecified atom stereocenters. The summed E-state index contributed by atoms with van der Waals surface area (Å²) in [6.45, 7) is 0. The lowest BCUT2D eigenvalue weighted by atomic mass is 9.93. The van der Waals surface area contributed by atoms with E-state index in [1.165, 1.54) is 10.8 Å². The molecule has 0 saturated heterocycles. The van der Waals surface area contributed by atoms with E-state index in [2.05, 4.69) is 162 Å². The van der Waals surface area contributed by atoms with Gasteiger partial charge < -0.3 is 0 Å². The van der Waals surface area contributed by atoms with Crippen molar-refractivity contribution < 1.29 is 0 Å². The molecule has 4 heteroatoms. The Kier molecular flexibility index (Phi) is 6.78. The number of para-hydroxylation sites is 1. The summed E-state index contributed by atoms with van der Waals surface area (Å²) in [7, 11) is 0. The Hall–Kier alpha value is -6.91. The van der Waals surface area contributed by atoms with Crippen LogP contribution in [0.15, 0.2) is 182 Å². The summed E-state index contributed by atoms with van der Waals surface area (Å²) in [5, 5.41) is 11.0. The molecule has 0 fully saturated rings. The number of aromatic nitrogens is 4. The van der Waals surface area contributed by atoms with E-state index in [1.54, 1.807) is 0 Å². The van der Waals surface area contributed by atoms with Crippen molar-refractivity contribution in [2.75, 3.05) is 0 Å². The molecular formula is C47H30N4. The highest BCUT2D eigenvalue weighted by Gasteiger charge is 2.21. The highest BCUT2D eigenvalue weighted by molar-refractivity contribution is 6.17. The van der Waals surface area contributed by atoms with E-state index in [1.807, 2.05) is 24.3 Å². The van der Waals surface area contributed by atoms with Crippen molar-refractivity contribution in [1.29, 1.82) is 0 Å². The van der Waals surface area contributed by atoms with Crippen LogP contribution in [0.5, 0.6) is 0 Å². The van der Waals surface area contributed by atoms with Crippen LogP contribution in [0, 0.1) is 0 Å². The van der Waals surface area contributed by atoms with Gasteiger partial charge in [0.2, 0.25) is 0 Å². The number of pyridine rings is 2. The maximum absolute atomic E-state index is 5.37. The van der Waals surface area contributed by atoms with Crippen LogP contribution >= 0.6 is 0 Å². The molecule has 0 aliphatic carbocycles. The van der Waals surface area contributed by atoms with E-state index in [-0.39, 0.29) is 0 Å². The van der Waals surface area contributed by atoms with Gasteiger partial charge in [-0.05, 0) is 46.8 Å². The van der Waals surface area contributed by atoms with Crippen molar-refractivity contribution in [3.63, 3.8) is 0 Å². The number of nitrogens with zero attached hydrogens (tertiary/aromatic N) is 4. The van der Waals surface area contributed by atoms with Crippen LogP contribution in [0.25, 0.3) is 94.1 Å². The maximum atomic E-state index is 5.37. The molecule has 0 aliphatic heterocycles. The van der Waals surface area contributed by atoms with Crippen molar-refractivity contribution in [2.45, 2.75) is 0 Å². The Morgan fingerprint density at radius 1 is 0.392 bits per heavy atom. The summed E-state index contributed by atoms with van der Waals surface area (Å²) in [6, 6.07) is 63.7. The topological polar surface area (TPSA) is 43.6 Å². The molecule has 238 valence electrons. The summed E-state index contributed by atoms with van der Waals surface area (Å²) in [6.07, 6.45) is 0. The van der Waals surface area contributed by atoms with Gasteiger partial charge in [-0.25, -0.2) is 14.6 Å². The van der Waals surface area contributed by atoms with Gasteiger partial charge in [-0.1, -0.05) is 152 Å². The molecule has 4 nitrogen and oxygen atoms in total. The van der Waals surface area contributed by atoms with Crippen molar-refractivity contribution in [2.24, 2.45) is 0 Å². The molecule has 0 spiro atoms. The Bertz CT molecular complexity index is 2880. The Labute approximate surface area is 294 Å². The van der Waals surface area contributed by atoms with Crippen LogP contribution in [-0.2, 0) is 0 Å². The van der Waals surface area contributed by atoms with Gasteiger partial charge in [0.15, 0.2) is 0 Å². The lowest BCUT2D eigenvalue weighted by Gasteiger charge is -2.11. The van der Waals surface area contributed by atoms with E-state index in [9.17, 15) is 0 Å². The molecule has 0 aliphatic rings. The molecule has 3 aromatic heterocycles. The minimum Gasteiger partial charge on any atom is -0.245 e. The smallest absolute Gasteiger partial charge is 0.101 e. The fourth-order valence-corrected chi connectivity index (χ4v) is 7.29. The summed E-state index contributed by atoms with van der Waals surface area (Å²) in [4.78, 5) is 10.3. The number of rotatable bonds is 5. The molecule has 0 N–H and O–H groups in total. The third-order valence-corrected chi connectivity index (χ3v) is 9.80. The van der Waals surface area contributed by atoms with Crippen LogP contribution in [0.2, 0.25) is 0 Å². The molecule has 0 bridgehead atoms. The Balaban J connectivity index is 1.14. The third kappa shape index (κ3) is 4.96. The first kappa shape index (κ1) is 29.0. The van der Waals surface area contributed by atoms with Gasteiger partial charge in [-0.2, -0.15) is 5.10 Å². The second kappa shape index (κ2) is 11.9. The standard InChI is InChI=1S/C47H30N4/c1-4-12-31(13-5-1)40-30-37-16-10-11-19-39(37)47-43(40)44(50-51(47)38-17-8-3-9-18-38)34-22-20-33(21-23-34)42-29-27-36-25-24-35-26-28-41(32-14-6-2-7-15-32)48-45(35)46(36)49-42/h1-30H. The molecule has 0 saturated carbocycles. The van der Waals surface area contributed by atoms with E-state index in [0.29, 0.717) is 0 Å². The number of fused-ring (bicyclic) bond motifs is 6. The normalized spacial score (nSPS) is 11.5. The predicted octanol–water partition coefficient (Wildman–Crippen LogP) is 11.9. The van der Waals surface area contributed by atoms with Crippen molar-refractivity contribution in [3.8, 4) is 50.6 Å². The van der Waals surface area contributed by atoms with Gasteiger partial charge in [-0.15, -0.1) is 0 Å². The quantitative estimate of drug-likeness (QED) is 0.174. The van der Waals surface area contributed by atoms with Crippen LogP contribution in [0.4, 0.5) is 0 Å². The highest BCUT2D eigenvalue weighted by Crippen LogP contribution is 2.42. The summed E-state index contributed by atoms with van der Waals surface area (Å²) in [5.41, 5.74) is 12.2. The lowest BCUT2D eigenvalue weighted by molar-refractivity contribution is 0.918. The zero-order valence-corrected chi connectivity index (χ0v) is 27.6. The minimum atomic E-state index is 0.902. The van der Waals surface area contributed by atoms with Crippen LogP contribution in [0.1, 0.15) is 0 Å². The number of hydrogen-bond acceptors (Lipinski definition) is 3. The summed E-state index contributed by atoms with van der Waals surface area (Å²) >= 11 is 0. The molecule has 10 rings (SSSR count). The first-order chi connectivity index (χ1) is 25.3. The van der Waals surface area contributed by atoms with Crippen LogP contribution in [-0.4, -0.2) is 19.7 Å². The highest BCUT2D eigenvalue weighted by atomic mass is 15.3. The largest absolute Gasteiger partial charge is 0.245 e. The monoisotopic (exact) mass is 650 g/mol. The third-order valence-electron chi connectivity index (χ3n) is 9.80. The Morgan fingerprint density at radius 3 is 1.55 bits per heavy atom. The zero-order valence-electron chi connectivity index (χ0n) is 27.6. The molecule has 0 amide bonds. The maximum Gasteiger partial charge on any atom is 0.101 e. The predicted molar refractivity (Wildman–Crippen MR) is 211 cm³/mol. The van der Waals surface area contributed by atoms with E-state index >= 15 is 0 Å². The number of hydrogen-bond donors (Lipinski definition) is 0. The van der Waals surface area contributed by atoms with Gasteiger partial charge >= 0.3 is 0 Å². The average Bonchev–Trinajstić information content (AvgIpc) is 3.62. The van der Waals surface area contributed by atoms with Crippen LogP contribution in [0.3, 0.4) is 0 Å². The van der Waals surface area contributed by atoms with Gasteiger partial charge in [0, 0.05) is 38.2 Å². The van der Waals surface area contributed by atoms with Gasteiger partial charge in [0.1, 0.15) is 5.69 Å². The molecular weight excluding hydrogens is 621 g/mol. The minimum absolute atomic E-state index is 0.902. The van der Waals surface area contributed by atoms with Gasteiger partial charge in [0.05, 0.1) is 33.6 Å². The number of benzene rings is 7. The van der Waals surface area contributed by atoms with Crippen molar-refractivity contribution in [1.82, 2.24) is 19.7 Å². The summed E-state index contributed by atoms with van der Waals surface area (Å²) < 4.78 is 2.11. The molecule has 0 atom stereocenters. The second-order valence-electron chi connectivity index (χ2n) is 12.9. The Morgan fingerprint density at radius 2 is 0.902 bits per heavy atom. The molecule has 10 aromatic rings. The summed E-state index contributed by atoms with van der Waals surface area (Å²) in [5.74, 6) is 0. The van der Waals surface area contributed by atoms with Crippen LogP contribution < -0.4 is 0 Å². The fourth-order valence-electron chi connectivity index (χ4n) is 7.29. The fraction of sp³-hybridized carbons (Fsp3) is 0. The molecule has 0 radical (unpaired) electrons. The van der Waals surface area contributed by atoms with E-state index in [4.69, 9.17) is 15.1 Å². The first-order valence-corrected chi connectivity index (χ1v) is 17.2. The van der Waals surface area contributed by atoms with E-state index < -0.39 is 0 Å². The first-order valence-electron chi connectivity index (χ1n) is 17.2. The van der Waals surface area contributed by atoms with E-state index in [0.717, 1.165) is 83.3 Å². The van der Waals surface area contributed by atoms with Crippen molar-refractivity contribution >= 4 is 43.5 Å². The zero-order chi connectivity index (χ0) is 33.7. The lowest BCUT2D eigenvalue weighted by Crippen LogP contribution is -1.96. The van der Waals surface area contributed by atoms with Gasteiger partial charge in [-0.3, -0.25) is 0 Å². The van der Waals surface area contributed by atoms with Crippen molar-refractivity contribution in [3.05, 3.63) is 182 Å². The molecule has 51 heavy (non-hydrogen) atoms. The average molecular weight is 651 g/mol. The SMILES string of the molecule is c1ccc(-c2ccc3ccc4ccc(-c5ccc(-c6nn(-c7ccccc7)c7c6c(-c6ccccc6)cc6ccccc67)cc5)nc4c3n2)cc1.